The number of ether oxygens (including phenoxy) is 2. The van der Waals surface area contributed by atoms with Gasteiger partial charge in [-0.05, 0) is 42.5 Å². The van der Waals surface area contributed by atoms with Gasteiger partial charge >= 0.3 is 0 Å². The predicted octanol–water partition coefficient (Wildman–Crippen LogP) is 3.04. The molecule has 3 N–H and O–H groups in total. The lowest BCUT2D eigenvalue weighted by molar-refractivity contribution is 0.0977. The van der Waals surface area contributed by atoms with E-state index in [-0.39, 0.29) is 27.9 Å². The zero-order valence-electron chi connectivity index (χ0n) is 12.6. The van der Waals surface area contributed by atoms with E-state index in [1.807, 2.05) is 0 Å². The quantitative estimate of drug-likeness (QED) is 0.793. The summed E-state index contributed by atoms with van der Waals surface area (Å²) in [7, 11) is 1.42. The second-order valence-electron chi connectivity index (χ2n) is 4.67. The molecule has 0 heterocycles. The number of carbonyl (C=O) groups excluding carboxylic acids is 1. The molecule has 8 heteroatoms. The minimum absolute atomic E-state index is 0.0830. The van der Waals surface area contributed by atoms with Gasteiger partial charge in [0.15, 0.2) is 16.6 Å². The van der Waals surface area contributed by atoms with Crippen molar-refractivity contribution in [2.75, 3.05) is 7.11 Å². The van der Waals surface area contributed by atoms with Gasteiger partial charge in [0.2, 0.25) is 0 Å². The largest absolute Gasteiger partial charge is 0.493 e. The van der Waals surface area contributed by atoms with Crippen molar-refractivity contribution in [3.63, 3.8) is 0 Å². The molecule has 0 aromatic heterocycles. The van der Waals surface area contributed by atoms with Crippen molar-refractivity contribution < 1.29 is 18.7 Å². The lowest BCUT2D eigenvalue weighted by atomic mass is 10.2. The van der Waals surface area contributed by atoms with Gasteiger partial charge in [-0.15, -0.1) is 0 Å². The number of hydrogen-bond donors (Lipinski definition) is 2. The number of thiocarbonyl (C=S) groups is 1. The molecule has 0 radical (unpaired) electrons. The molecule has 0 aliphatic rings. The maximum Gasteiger partial charge on any atom is 0.257 e. The summed E-state index contributed by atoms with van der Waals surface area (Å²) >= 11 is 10.6. The van der Waals surface area contributed by atoms with E-state index in [2.05, 4.69) is 17.5 Å². The molecule has 0 bridgehead atoms. The number of methoxy groups -OCH3 is 1. The highest BCUT2D eigenvalue weighted by Crippen LogP contribution is 2.30. The van der Waals surface area contributed by atoms with Crippen molar-refractivity contribution in [2.24, 2.45) is 5.73 Å². The first-order valence-electron chi connectivity index (χ1n) is 6.77. The van der Waals surface area contributed by atoms with E-state index >= 15 is 0 Å². The van der Waals surface area contributed by atoms with E-state index in [0.717, 1.165) is 0 Å². The Kier molecular flexibility index (Phi) is 5.94. The van der Waals surface area contributed by atoms with Crippen LogP contribution in [-0.4, -0.2) is 18.1 Å². The minimum atomic E-state index is -0.468. The van der Waals surface area contributed by atoms with E-state index in [4.69, 9.17) is 26.8 Å². The van der Waals surface area contributed by atoms with Gasteiger partial charge in [0, 0.05) is 11.1 Å². The van der Waals surface area contributed by atoms with Gasteiger partial charge in [0.05, 0.1) is 12.1 Å². The zero-order valence-corrected chi connectivity index (χ0v) is 14.2. The van der Waals surface area contributed by atoms with Crippen molar-refractivity contribution in [2.45, 2.75) is 6.61 Å². The summed E-state index contributed by atoms with van der Waals surface area (Å²) in [4.78, 5) is 11.9. The van der Waals surface area contributed by atoms with Crippen molar-refractivity contribution in [3.8, 4) is 11.5 Å². The minimum Gasteiger partial charge on any atom is -0.493 e. The third-order valence-corrected chi connectivity index (χ3v) is 3.55. The van der Waals surface area contributed by atoms with Crippen LogP contribution in [0.4, 0.5) is 4.39 Å². The van der Waals surface area contributed by atoms with Crippen LogP contribution >= 0.6 is 23.8 Å². The van der Waals surface area contributed by atoms with Gasteiger partial charge in [-0.2, -0.15) is 0 Å². The summed E-state index contributed by atoms with van der Waals surface area (Å²) < 4.78 is 24.5. The molecule has 1 amide bonds. The highest BCUT2D eigenvalue weighted by molar-refractivity contribution is 7.80. The molecule has 0 aliphatic heterocycles. The zero-order chi connectivity index (χ0) is 17.7. The van der Waals surface area contributed by atoms with E-state index in [0.29, 0.717) is 11.5 Å². The molecule has 0 fully saturated rings. The molecule has 2 aromatic rings. The Morgan fingerprint density at radius 2 is 2.08 bits per heavy atom. The molecular formula is C16H14ClFN2O3S. The summed E-state index contributed by atoms with van der Waals surface area (Å²) in [5.74, 6) is -0.292. The van der Waals surface area contributed by atoms with Gasteiger partial charge in [0.1, 0.15) is 12.4 Å². The van der Waals surface area contributed by atoms with Gasteiger partial charge in [-0.1, -0.05) is 17.7 Å². The molecule has 0 aliphatic carbocycles. The summed E-state index contributed by atoms with van der Waals surface area (Å²) in [6.45, 7) is -0.0830. The molecule has 0 saturated heterocycles. The Balaban J connectivity index is 2.19. The normalized spacial score (nSPS) is 10.1. The summed E-state index contributed by atoms with van der Waals surface area (Å²) in [5.41, 5.74) is 5.79. The molecule has 126 valence electrons. The number of amides is 1. The van der Waals surface area contributed by atoms with Crippen molar-refractivity contribution in [1.29, 1.82) is 0 Å². The second kappa shape index (κ2) is 7.94. The standard InChI is InChI=1S/C16H14ClFN2O3S/c1-22-14-7-9(15(21)20-16(19)24)5-6-13(14)23-8-10-11(17)3-2-4-12(10)18/h2-7H,8H2,1H3,(H3,19,20,21,24). The first-order valence-corrected chi connectivity index (χ1v) is 7.55. The lowest BCUT2D eigenvalue weighted by Crippen LogP contribution is -2.34. The number of nitrogens with two attached hydrogens (primary N) is 1. The first-order chi connectivity index (χ1) is 11.4. The molecular weight excluding hydrogens is 355 g/mol. The average molecular weight is 369 g/mol. The third kappa shape index (κ3) is 4.33. The maximum absolute atomic E-state index is 13.8. The van der Waals surface area contributed by atoms with Crippen molar-refractivity contribution >= 4 is 34.8 Å². The molecule has 2 aromatic carbocycles. The molecule has 0 atom stereocenters. The van der Waals surface area contributed by atoms with E-state index < -0.39 is 11.7 Å². The Hall–Kier alpha value is -2.38. The lowest BCUT2D eigenvalue weighted by Gasteiger charge is -2.13. The number of halogens is 2. The fourth-order valence-corrected chi connectivity index (χ4v) is 2.24. The van der Waals surface area contributed by atoms with Crippen molar-refractivity contribution in [1.82, 2.24) is 5.32 Å². The van der Waals surface area contributed by atoms with E-state index in [9.17, 15) is 9.18 Å². The fraction of sp³-hybridized carbons (Fsp3) is 0.125. The van der Waals surface area contributed by atoms with Gasteiger partial charge in [-0.3, -0.25) is 10.1 Å². The van der Waals surface area contributed by atoms with Crippen LogP contribution in [0.5, 0.6) is 11.5 Å². The number of hydrogen-bond acceptors (Lipinski definition) is 4. The van der Waals surface area contributed by atoms with Crippen LogP contribution in [0.15, 0.2) is 36.4 Å². The first kappa shape index (κ1) is 18.0. The summed E-state index contributed by atoms with van der Waals surface area (Å²) in [5, 5.41) is 2.44. The van der Waals surface area contributed by atoms with Crippen molar-refractivity contribution in [3.05, 3.63) is 58.4 Å². The monoisotopic (exact) mass is 368 g/mol. The molecule has 0 saturated carbocycles. The van der Waals surface area contributed by atoms with Gasteiger partial charge in [0.25, 0.3) is 5.91 Å². The van der Waals surface area contributed by atoms with Crippen LogP contribution < -0.4 is 20.5 Å². The number of carbonyl (C=O) groups is 1. The van der Waals surface area contributed by atoms with Crippen LogP contribution in [-0.2, 0) is 6.61 Å². The molecule has 0 unspecified atom stereocenters. The van der Waals surface area contributed by atoms with Crippen LogP contribution in [0.25, 0.3) is 0 Å². The molecule has 24 heavy (non-hydrogen) atoms. The predicted molar refractivity (Wildman–Crippen MR) is 93.0 cm³/mol. The fourth-order valence-electron chi connectivity index (χ4n) is 1.93. The number of benzene rings is 2. The Morgan fingerprint density at radius 1 is 1.33 bits per heavy atom. The molecule has 0 spiro atoms. The smallest absolute Gasteiger partial charge is 0.257 e. The Bertz CT molecular complexity index is 766. The number of nitrogens with one attached hydrogen (secondary N) is 1. The second-order valence-corrected chi connectivity index (χ2v) is 5.52. The number of rotatable bonds is 5. The van der Waals surface area contributed by atoms with E-state index in [1.165, 1.54) is 37.4 Å². The Labute approximate surface area is 148 Å². The third-order valence-electron chi connectivity index (χ3n) is 3.10. The van der Waals surface area contributed by atoms with Gasteiger partial charge < -0.3 is 15.2 Å². The van der Waals surface area contributed by atoms with Gasteiger partial charge in [-0.25, -0.2) is 4.39 Å². The summed E-state index contributed by atoms with van der Waals surface area (Å²) in [6.07, 6.45) is 0. The topological polar surface area (TPSA) is 73.6 Å². The van der Waals surface area contributed by atoms with E-state index in [1.54, 1.807) is 6.07 Å². The van der Waals surface area contributed by atoms with Crippen LogP contribution in [0.3, 0.4) is 0 Å². The highest BCUT2D eigenvalue weighted by Gasteiger charge is 2.13. The average Bonchev–Trinajstić information content (AvgIpc) is 2.53. The SMILES string of the molecule is COc1cc(C(=O)NC(N)=S)ccc1OCc1c(F)cccc1Cl. The van der Waals surface area contributed by atoms with Crippen LogP contribution in [0, 0.1) is 5.82 Å². The molecule has 2 rings (SSSR count). The van der Waals surface area contributed by atoms with Crippen LogP contribution in [0.2, 0.25) is 5.02 Å². The molecule has 5 nitrogen and oxygen atoms in total. The summed E-state index contributed by atoms with van der Waals surface area (Å²) in [6, 6.07) is 8.88. The maximum atomic E-state index is 13.8. The van der Waals surface area contributed by atoms with Crippen LogP contribution in [0.1, 0.15) is 15.9 Å². The highest BCUT2D eigenvalue weighted by atomic mass is 35.5. The Morgan fingerprint density at radius 3 is 2.71 bits per heavy atom.